The number of hydrogen-bond acceptors (Lipinski definition) is 2. The van der Waals surface area contributed by atoms with Gasteiger partial charge in [0.1, 0.15) is 5.82 Å². The maximum Gasteiger partial charge on any atom is 0.132 e. The molecular formula is C15H12FN3. The Kier molecular flexibility index (Phi) is 2.83. The average Bonchev–Trinajstić information content (AvgIpc) is 2.82. The molecule has 0 aliphatic carbocycles. The normalized spacial score (nSPS) is 10.6. The number of benzene rings is 1. The summed E-state index contributed by atoms with van der Waals surface area (Å²) >= 11 is 0. The van der Waals surface area contributed by atoms with Crippen molar-refractivity contribution in [2.75, 3.05) is 0 Å². The van der Waals surface area contributed by atoms with Gasteiger partial charge in [0.15, 0.2) is 0 Å². The van der Waals surface area contributed by atoms with Crippen LogP contribution in [0.2, 0.25) is 0 Å². The van der Waals surface area contributed by atoms with Crippen molar-refractivity contribution in [1.82, 2.24) is 14.8 Å². The van der Waals surface area contributed by atoms with Crippen LogP contribution < -0.4 is 0 Å². The zero-order valence-electron chi connectivity index (χ0n) is 10.4. The van der Waals surface area contributed by atoms with E-state index in [-0.39, 0.29) is 5.82 Å². The van der Waals surface area contributed by atoms with Crippen molar-refractivity contribution in [3.8, 4) is 16.9 Å². The van der Waals surface area contributed by atoms with E-state index >= 15 is 0 Å². The maximum atomic E-state index is 13.8. The van der Waals surface area contributed by atoms with Crippen LogP contribution in [-0.4, -0.2) is 14.8 Å². The van der Waals surface area contributed by atoms with Crippen LogP contribution in [0.4, 0.5) is 4.39 Å². The summed E-state index contributed by atoms with van der Waals surface area (Å²) in [5.74, 6) is -0.259. The fourth-order valence-corrected chi connectivity index (χ4v) is 2.01. The molecule has 0 aliphatic rings. The molecule has 0 amide bonds. The quantitative estimate of drug-likeness (QED) is 0.701. The van der Waals surface area contributed by atoms with Crippen molar-refractivity contribution in [2.45, 2.75) is 6.92 Å². The first-order chi connectivity index (χ1) is 9.25. The fraction of sp³-hybridized carbons (Fsp3) is 0.0667. The second-order valence-corrected chi connectivity index (χ2v) is 4.29. The smallest absolute Gasteiger partial charge is 0.132 e. The van der Waals surface area contributed by atoms with Crippen LogP contribution in [0.15, 0.2) is 55.0 Å². The molecule has 2 aromatic heterocycles. The molecule has 19 heavy (non-hydrogen) atoms. The third-order valence-electron chi connectivity index (χ3n) is 2.95. The predicted octanol–water partition coefficient (Wildman–Crippen LogP) is 3.38. The summed E-state index contributed by atoms with van der Waals surface area (Å²) in [6.45, 7) is 1.92. The monoisotopic (exact) mass is 253 g/mol. The third kappa shape index (κ3) is 2.12. The number of nitrogens with zero attached hydrogens (tertiary/aromatic N) is 3. The molecule has 94 valence electrons. The van der Waals surface area contributed by atoms with E-state index in [1.165, 1.54) is 6.07 Å². The number of hydrogen-bond donors (Lipinski definition) is 0. The first kappa shape index (κ1) is 11.6. The Balaban J connectivity index is 2.11. The van der Waals surface area contributed by atoms with Crippen LogP contribution in [-0.2, 0) is 0 Å². The van der Waals surface area contributed by atoms with Gasteiger partial charge < -0.3 is 0 Å². The minimum atomic E-state index is -0.259. The lowest BCUT2D eigenvalue weighted by Gasteiger charge is -2.01. The summed E-state index contributed by atoms with van der Waals surface area (Å²) in [6.07, 6.45) is 5.29. The largest absolute Gasteiger partial charge is 0.265 e. The zero-order valence-corrected chi connectivity index (χ0v) is 10.4. The Morgan fingerprint density at radius 3 is 2.53 bits per heavy atom. The lowest BCUT2D eigenvalue weighted by Crippen LogP contribution is -1.95. The van der Waals surface area contributed by atoms with Gasteiger partial charge in [-0.05, 0) is 36.8 Å². The summed E-state index contributed by atoms with van der Waals surface area (Å²) < 4.78 is 15.5. The first-order valence-corrected chi connectivity index (χ1v) is 5.97. The van der Waals surface area contributed by atoms with E-state index in [0.29, 0.717) is 11.3 Å². The fourth-order valence-electron chi connectivity index (χ4n) is 2.01. The summed E-state index contributed by atoms with van der Waals surface area (Å²) in [4.78, 5) is 3.97. The molecule has 1 aromatic carbocycles. The molecule has 0 unspecified atom stereocenters. The van der Waals surface area contributed by atoms with E-state index in [1.807, 2.05) is 31.3 Å². The molecule has 0 radical (unpaired) electrons. The van der Waals surface area contributed by atoms with E-state index < -0.39 is 0 Å². The van der Waals surface area contributed by atoms with Gasteiger partial charge >= 0.3 is 0 Å². The minimum Gasteiger partial charge on any atom is -0.265 e. The lowest BCUT2D eigenvalue weighted by atomic mass is 10.1. The number of aryl methyl sites for hydroxylation is 1. The van der Waals surface area contributed by atoms with Crippen molar-refractivity contribution in [3.05, 3.63) is 66.4 Å². The van der Waals surface area contributed by atoms with Gasteiger partial charge in [0.2, 0.25) is 0 Å². The maximum absolute atomic E-state index is 13.8. The SMILES string of the molecule is Cc1cn(-c2ccncc2)nc1-c1ccccc1F. The summed E-state index contributed by atoms with van der Waals surface area (Å²) in [7, 11) is 0. The van der Waals surface area contributed by atoms with Crippen LogP contribution in [0, 0.1) is 12.7 Å². The van der Waals surface area contributed by atoms with Gasteiger partial charge in [-0.3, -0.25) is 4.98 Å². The average molecular weight is 253 g/mol. The molecule has 0 atom stereocenters. The second kappa shape index (κ2) is 4.65. The molecular weight excluding hydrogens is 241 g/mol. The van der Waals surface area contributed by atoms with Crippen LogP contribution in [0.1, 0.15) is 5.56 Å². The van der Waals surface area contributed by atoms with E-state index in [2.05, 4.69) is 10.1 Å². The molecule has 0 aliphatic heterocycles. The summed E-state index contributed by atoms with van der Waals surface area (Å²) in [5.41, 5.74) is 3.02. The van der Waals surface area contributed by atoms with E-state index in [4.69, 9.17) is 0 Å². The van der Waals surface area contributed by atoms with Crippen molar-refractivity contribution >= 4 is 0 Å². The van der Waals surface area contributed by atoms with Gasteiger partial charge in [0.05, 0.1) is 11.4 Å². The number of halogens is 1. The van der Waals surface area contributed by atoms with Crippen molar-refractivity contribution in [2.24, 2.45) is 0 Å². The Labute approximate surface area is 110 Å². The highest BCUT2D eigenvalue weighted by Crippen LogP contribution is 2.25. The Morgan fingerprint density at radius 2 is 1.79 bits per heavy atom. The van der Waals surface area contributed by atoms with Gasteiger partial charge in [-0.1, -0.05) is 12.1 Å². The summed E-state index contributed by atoms with van der Waals surface area (Å²) in [5, 5.41) is 4.46. The van der Waals surface area contributed by atoms with Gasteiger partial charge in [0, 0.05) is 24.2 Å². The molecule has 0 saturated carbocycles. The van der Waals surface area contributed by atoms with Crippen LogP contribution in [0.3, 0.4) is 0 Å². The standard InChI is InChI=1S/C15H12FN3/c1-11-10-19(12-6-8-17-9-7-12)18-15(11)13-4-2-3-5-14(13)16/h2-10H,1H3. The van der Waals surface area contributed by atoms with Crippen LogP contribution in [0.5, 0.6) is 0 Å². The topological polar surface area (TPSA) is 30.7 Å². The van der Waals surface area contributed by atoms with Gasteiger partial charge in [-0.25, -0.2) is 9.07 Å². The van der Waals surface area contributed by atoms with E-state index in [0.717, 1.165) is 11.3 Å². The summed E-state index contributed by atoms with van der Waals surface area (Å²) in [6, 6.07) is 10.4. The van der Waals surface area contributed by atoms with Gasteiger partial charge in [-0.15, -0.1) is 0 Å². The molecule has 2 heterocycles. The Hall–Kier alpha value is -2.49. The van der Waals surface area contributed by atoms with Gasteiger partial charge in [0.25, 0.3) is 0 Å². The van der Waals surface area contributed by atoms with E-state index in [9.17, 15) is 4.39 Å². The molecule has 3 rings (SSSR count). The molecule has 3 nitrogen and oxygen atoms in total. The van der Waals surface area contributed by atoms with Gasteiger partial charge in [-0.2, -0.15) is 5.10 Å². The highest BCUT2D eigenvalue weighted by Gasteiger charge is 2.12. The molecule has 4 heteroatoms. The first-order valence-electron chi connectivity index (χ1n) is 5.97. The van der Waals surface area contributed by atoms with E-state index in [1.54, 1.807) is 29.2 Å². The highest BCUT2D eigenvalue weighted by atomic mass is 19.1. The molecule has 0 N–H and O–H groups in total. The second-order valence-electron chi connectivity index (χ2n) is 4.29. The molecule has 0 bridgehead atoms. The van der Waals surface area contributed by atoms with Crippen LogP contribution in [0.25, 0.3) is 16.9 Å². The molecule has 0 spiro atoms. The highest BCUT2D eigenvalue weighted by molar-refractivity contribution is 5.63. The van der Waals surface area contributed by atoms with Crippen molar-refractivity contribution < 1.29 is 4.39 Å². The Bertz CT molecular complexity index is 704. The molecule has 0 fully saturated rings. The minimum absolute atomic E-state index is 0.259. The van der Waals surface area contributed by atoms with Crippen molar-refractivity contribution in [3.63, 3.8) is 0 Å². The Morgan fingerprint density at radius 1 is 1.05 bits per heavy atom. The lowest BCUT2D eigenvalue weighted by molar-refractivity contribution is 0.630. The third-order valence-corrected chi connectivity index (χ3v) is 2.95. The van der Waals surface area contributed by atoms with Crippen molar-refractivity contribution in [1.29, 1.82) is 0 Å². The number of aromatic nitrogens is 3. The zero-order chi connectivity index (χ0) is 13.2. The predicted molar refractivity (Wildman–Crippen MR) is 71.5 cm³/mol. The number of rotatable bonds is 2. The molecule has 0 saturated heterocycles. The van der Waals surface area contributed by atoms with Crippen LogP contribution >= 0.6 is 0 Å². The molecule has 3 aromatic rings. The number of pyridine rings is 1.